The Morgan fingerprint density at radius 1 is 0.895 bits per heavy atom. The van der Waals surface area contributed by atoms with E-state index in [0.717, 1.165) is 0 Å². The molecule has 0 saturated carbocycles. The first-order valence-corrected chi connectivity index (χ1v) is 5.41. The molecule has 1 heterocycles. The van der Waals surface area contributed by atoms with Crippen LogP contribution in [-0.2, 0) is 9.59 Å². The van der Waals surface area contributed by atoms with E-state index in [1.807, 2.05) is 24.5 Å². The van der Waals surface area contributed by atoms with E-state index in [2.05, 4.69) is 29.6 Å². The van der Waals surface area contributed by atoms with Crippen molar-refractivity contribution in [1.29, 1.82) is 0 Å². The summed E-state index contributed by atoms with van der Waals surface area (Å²) in [6, 6.07) is 8.29. The van der Waals surface area contributed by atoms with Crippen LogP contribution in [0.4, 0.5) is 0 Å². The van der Waals surface area contributed by atoms with E-state index in [0.29, 0.717) is 12.2 Å². The number of rotatable bonds is 2. The topological polar surface area (TPSA) is 86.6 Å². The molecule has 1 aromatic carbocycles. The maximum Gasteiger partial charge on any atom is 0.328 e. The molecule has 0 atom stereocenters. The van der Waals surface area contributed by atoms with E-state index in [9.17, 15) is 9.59 Å². The Balaban J connectivity index is 0.000000203. The number of fused-ring (bicyclic) bond motifs is 1. The van der Waals surface area contributed by atoms with E-state index in [4.69, 9.17) is 10.2 Å². The van der Waals surface area contributed by atoms with Crippen LogP contribution in [-0.4, -0.2) is 22.2 Å². The monoisotopic (exact) mass is 259 g/mol. The fraction of sp³-hybridized carbons (Fsp3) is 0. The maximum atomic E-state index is 9.55. The third-order valence-corrected chi connectivity index (χ3v) is 2.08. The van der Waals surface area contributed by atoms with Gasteiger partial charge in [-0.2, -0.15) is 0 Å². The molecule has 19 heavy (non-hydrogen) atoms. The second-order valence-electron chi connectivity index (χ2n) is 3.47. The first kappa shape index (κ1) is 14.2. The van der Waals surface area contributed by atoms with E-state index >= 15 is 0 Å². The van der Waals surface area contributed by atoms with Crippen LogP contribution < -0.4 is 5.32 Å². The average molecular weight is 259 g/mol. The minimum absolute atomic E-state index is 0.558. The van der Waals surface area contributed by atoms with Crippen molar-refractivity contribution >= 4 is 24.1 Å². The third-order valence-electron chi connectivity index (χ3n) is 2.08. The fourth-order valence-electron chi connectivity index (χ4n) is 1.29. The lowest BCUT2D eigenvalue weighted by atomic mass is 10.1. The van der Waals surface area contributed by atoms with Gasteiger partial charge in [-0.05, 0) is 23.3 Å². The van der Waals surface area contributed by atoms with Crippen molar-refractivity contribution in [1.82, 2.24) is 5.32 Å². The molecule has 0 unspecified atom stereocenters. The van der Waals surface area contributed by atoms with Crippen LogP contribution in [0.5, 0.6) is 0 Å². The molecule has 1 aliphatic rings. The molecule has 5 heteroatoms. The van der Waals surface area contributed by atoms with Gasteiger partial charge in [0.1, 0.15) is 0 Å². The molecule has 3 N–H and O–H groups in total. The lowest BCUT2D eigenvalue weighted by Gasteiger charge is -1.95. The summed E-state index contributed by atoms with van der Waals surface area (Å²) in [5.41, 5.74) is 2.52. The summed E-state index contributed by atoms with van der Waals surface area (Å²) in [5, 5.41) is 18.7. The van der Waals surface area contributed by atoms with Gasteiger partial charge < -0.3 is 15.5 Å². The van der Waals surface area contributed by atoms with Gasteiger partial charge in [-0.3, -0.25) is 0 Å². The number of benzene rings is 1. The zero-order valence-corrected chi connectivity index (χ0v) is 9.98. The first-order valence-electron chi connectivity index (χ1n) is 5.41. The number of nitrogens with one attached hydrogen (secondary N) is 1. The van der Waals surface area contributed by atoms with Crippen LogP contribution in [0, 0.1) is 0 Å². The summed E-state index contributed by atoms with van der Waals surface area (Å²) in [4.78, 5) is 19.1. The molecule has 0 fully saturated rings. The zero-order chi connectivity index (χ0) is 14.1. The molecule has 0 amide bonds. The standard InChI is InChI=1S/C10H9N.C4H4O4/c1-2-4-10-6-8-11-7-5-9(10)3-1;5-3(6)1-2-4(7)8/h1-8,11H;1-2H,(H,5,6)(H,7,8)/b;2-1+. The van der Waals surface area contributed by atoms with Crippen LogP contribution in [0.15, 0.2) is 48.8 Å². The summed E-state index contributed by atoms with van der Waals surface area (Å²) in [6.07, 6.45) is 9.11. The molecular weight excluding hydrogens is 246 g/mol. The van der Waals surface area contributed by atoms with Gasteiger partial charge in [0, 0.05) is 24.6 Å². The predicted molar refractivity (Wildman–Crippen MR) is 72.1 cm³/mol. The molecule has 5 nitrogen and oxygen atoms in total. The molecular formula is C14H13NO4. The van der Waals surface area contributed by atoms with Crippen LogP contribution >= 0.6 is 0 Å². The van der Waals surface area contributed by atoms with E-state index in [-0.39, 0.29) is 0 Å². The zero-order valence-electron chi connectivity index (χ0n) is 9.98. The van der Waals surface area contributed by atoms with Crippen molar-refractivity contribution < 1.29 is 19.8 Å². The highest BCUT2D eigenvalue weighted by molar-refractivity contribution is 5.89. The SMILES string of the molecule is C1=Cc2ccccc2C=CN1.O=C(O)/C=C/C(=O)O. The van der Waals surface area contributed by atoms with Crippen LogP contribution in [0.25, 0.3) is 12.2 Å². The van der Waals surface area contributed by atoms with Crippen LogP contribution in [0.2, 0.25) is 0 Å². The van der Waals surface area contributed by atoms with Crippen molar-refractivity contribution in [3.63, 3.8) is 0 Å². The molecule has 1 aliphatic heterocycles. The van der Waals surface area contributed by atoms with Crippen molar-refractivity contribution in [3.05, 3.63) is 59.9 Å². The Bertz CT molecular complexity index is 497. The number of carboxylic acids is 2. The second kappa shape index (κ2) is 7.50. The molecule has 0 spiro atoms. The number of aliphatic carboxylic acids is 2. The lowest BCUT2D eigenvalue weighted by molar-refractivity contribution is -0.134. The molecule has 0 aliphatic carbocycles. The summed E-state index contributed by atoms with van der Waals surface area (Å²) in [5.74, 6) is -2.51. The Kier molecular flexibility index (Phi) is 5.62. The van der Waals surface area contributed by atoms with E-state index in [1.165, 1.54) is 11.1 Å². The van der Waals surface area contributed by atoms with Gasteiger partial charge in [0.25, 0.3) is 0 Å². The third kappa shape index (κ3) is 5.88. The second-order valence-corrected chi connectivity index (χ2v) is 3.47. The predicted octanol–water partition coefficient (Wildman–Crippen LogP) is 1.94. The average Bonchev–Trinajstić information content (AvgIpc) is 2.62. The van der Waals surface area contributed by atoms with Gasteiger partial charge in [0.15, 0.2) is 0 Å². The maximum absolute atomic E-state index is 9.55. The summed E-state index contributed by atoms with van der Waals surface area (Å²) < 4.78 is 0. The van der Waals surface area contributed by atoms with Crippen molar-refractivity contribution in [2.75, 3.05) is 0 Å². The van der Waals surface area contributed by atoms with Crippen molar-refractivity contribution in [2.24, 2.45) is 0 Å². The number of hydrogen-bond acceptors (Lipinski definition) is 3. The van der Waals surface area contributed by atoms with Crippen LogP contribution in [0.3, 0.4) is 0 Å². The molecule has 0 aromatic heterocycles. The van der Waals surface area contributed by atoms with E-state index < -0.39 is 11.9 Å². The molecule has 2 rings (SSSR count). The molecule has 98 valence electrons. The quantitative estimate of drug-likeness (QED) is 0.706. The molecule has 0 saturated heterocycles. The number of carboxylic acid groups (broad SMARTS) is 2. The Labute approximate surface area is 110 Å². The summed E-state index contributed by atoms with van der Waals surface area (Å²) in [6.45, 7) is 0. The Hall–Kier alpha value is -2.82. The van der Waals surface area contributed by atoms with Gasteiger partial charge >= 0.3 is 11.9 Å². The normalized spacial score (nSPS) is 11.8. The van der Waals surface area contributed by atoms with Crippen molar-refractivity contribution in [2.45, 2.75) is 0 Å². The highest BCUT2D eigenvalue weighted by atomic mass is 16.4. The van der Waals surface area contributed by atoms with Crippen molar-refractivity contribution in [3.8, 4) is 0 Å². The Morgan fingerprint density at radius 3 is 1.68 bits per heavy atom. The van der Waals surface area contributed by atoms with Gasteiger partial charge in [-0.15, -0.1) is 0 Å². The van der Waals surface area contributed by atoms with Crippen LogP contribution in [0.1, 0.15) is 11.1 Å². The first-order chi connectivity index (χ1) is 9.09. The molecule has 0 bridgehead atoms. The fourth-order valence-corrected chi connectivity index (χ4v) is 1.29. The number of carbonyl (C=O) groups is 2. The number of hydrogen-bond donors (Lipinski definition) is 3. The summed E-state index contributed by atoms with van der Waals surface area (Å²) in [7, 11) is 0. The van der Waals surface area contributed by atoms with Gasteiger partial charge in [-0.1, -0.05) is 24.3 Å². The molecule has 0 radical (unpaired) electrons. The van der Waals surface area contributed by atoms with E-state index in [1.54, 1.807) is 0 Å². The van der Waals surface area contributed by atoms with Gasteiger partial charge in [-0.25, -0.2) is 9.59 Å². The minimum Gasteiger partial charge on any atom is -0.478 e. The largest absolute Gasteiger partial charge is 0.478 e. The van der Waals surface area contributed by atoms with Gasteiger partial charge in [0.05, 0.1) is 0 Å². The highest BCUT2D eigenvalue weighted by Crippen LogP contribution is 2.13. The Morgan fingerprint density at radius 2 is 1.32 bits per heavy atom. The molecule has 1 aromatic rings. The smallest absolute Gasteiger partial charge is 0.328 e. The summed E-state index contributed by atoms with van der Waals surface area (Å²) >= 11 is 0. The minimum atomic E-state index is -1.26. The highest BCUT2D eigenvalue weighted by Gasteiger charge is 1.94. The lowest BCUT2D eigenvalue weighted by Crippen LogP contribution is -1.91. The van der Waals surface area contributed by atoms with Gasteiger partial charge in [0.2, 0.25) is 0 Å².